The molecule has 11 heavy (non-hydrogen) atoms. The van der Waals surface area contributed by atoms with Crippen LogP contribution < -0.4 is 5.32 Å². The molecule has 62 valence electrons. The lowest BCUT2D eigenvalue weighted by atomic mass is 9.62. The molecule has 1 saturated carbocycles. The number of hydrogen-bond acceptors (Lipinski definition) is 2. The van der Waals surface area contributed by atoms with Gasteiger partial charge in [-0.25, -0.2) is 0 Å². The van der Waals surface area contributed by atoms with Crippen LogP contribution in [0.4, 0.5) is 0 Å². The first kappa shape index (κ1) is 6.44. The molecule has 0 aromatic carbocycles. The maximum absolute atomic E-state index is 5.48. The predicted molar refractivity (Wildman–Crippen MR) is 42.4 cm³/mol. The van der Waals surface area contributed by atoms with Gasteiger partial charge in [0.15, 0.2) is 0 Å². The van der Waals surface area contributed by atoms with E-state index in [1.54, 1.807) is 0 Å². The lowest BCUT2D eigenvalue weighted by Crippen LogP contribution is -2.38. The fourth-order valence-corrected chi connectivity index (χ4v) is 3.00. The number of fused-ring (bicyclic) bond motifs is 2. The molecule has 2 atom stereocenters. The molecule has 0 aromatic heterocycles. The van der Waals surface area contributed by atoms with E-state index in [4.69, 9.17) is 4.74 Å². The number of ether oxygens (including phenoxy) is 1. The molecule has 2 saturated heterocycles. The summed E-state index contributed by atoms with van der Waals surface area (Å²) in [6.07, 6.45) is 4.35. The van der Waals surface area contributed by atoms with E-state index in [-0.39, 0.29) is 0 Å². The van der Waals surface area contributed by atoms with E-state index < -0.39 is 0 Å². The standard InChI is InChI=1S/C9H15NO/c1-2-9(3-1)6-10-8-5-11-4-7(8)9/h7-8,10H,1-6H2/t7-,8+/m0/s1. The molecule has 0 radical (unpaired) electrons. The average molecular weight is 153 g/mol. The quantitative estimate of drug-likeness (QED) is 0.555. The van der Waals surface area contributed by atoms with Crippen molar-refractivity contribution in [1.29, 1.82) is 0 Å². The highest BCUT2D eigenvalue weighted by Crippen LogP contribution is 2.52. The molecule has 2 aliphatic heterocycles. The highest BCUT2D eigenvalue weighted by Gasteiger charge is 2.53. The predicted octanol–water partition coefficient (Wildman–Crippen LogP) is 0.775. The highest BCUT2D eigenvalue weighted by molar-refractivity contribution is 5.06. The second kappa shape index (κ2) is 1.99. The summed E-state index contributed by atoms with van der Waals surface area (Å²) in [5.74, 6) is 0.858. The third-order valence-corrected chi connectivity index (χ3v) is 3.93. The summed E-state index contributed by atoms with van der Waals surface area (Å²) in [7, 11) is 0. The van der Waals surface area contributed by atoms with E-state index in [9.17, 15) is 0 Å². The van der Waals surface area contributed by atoms with E-state index in [0.717, 1.165) is 19.1 Å². The third kappa shape index (κ3) is 0.695. The molecule has 2 heteroatoms. The van der Waals surface area contributed by atoms with Crippen LogP contribution in [0.15, 0.2) is 0 Å². The van der Waals surface area contributed by atoms with Gasteiger partial charge in [0.1, 0.15) is 0 Å². The summed E-state index contributed by atoms with van der Waals surface area (Å²) in [4.78, 5) is 0. The van der Waals surface area contributed by atoms with Crippen molar-refractivity contribution in [3.05, 3.63) is 0 Å². The SMILES string of the molecule is C1CC2(C1)CN[C@@H]1COC[C@@H]12. The van der Waals surface area contributed by atoms with Crippen molar-refractivity contribution in [3.63, 3.8) is 0 Å². The first-order chi connectivity index (χ1) is 5.41. The Labute approximate surface area is 67.3 Å². The third-order valence-electron chi connectivity index (χ3n) is 3.93. The maximum atomic E-state index is 5.48. The molecule has 1 aliphatic carbocycles. The Hall–Kier alpha value is -0.0800. The van der Waals surface area contributed by atoms with Gasteiger partial charge in [0.25, 0.3) is 0 Å². The van der Waals surface area contributed by atoms with Crippen LogP contribution in [0.1, 0.15) is 19.3 Å². The van der Waals surface area contributed by atoms with Crippen LogP contribution in [0.3, 0.4) is 0 Å². The second-order valence-electron chi connectivity index (χ2n) is 4.35. The molecule has 0 bridgehead atoms. The van der Waals surface area contributed by atoms with Crippen LogP contribution in [0.5, 0.6) is 0 Å². The van der Waals surface area contributed by atoms with E-state index in [1.165, 1.54) is 25.8 Å². The molecule has 0 unspecified atom stereocenters. The minimum Gasteiger partial charge on any atom is -0.379 e. The van der Waals surface area contributed by atoms with Crippen molar-refractivity contribution < 1.29 is 4.74 Å². The molecule has 3 aliphatic rings. The van der Waals surface area contributed by atoms with Crippen LogP contribution >= 0.6 is 0 Å². The van der Waals surface area contributed by atoms with E-state index in [0.29, 0.717) is 11.5 Å². The van der Waals surface area contributed by atoms with Gasteiger partial charge in [-0.1, -0.05) is 6.42 Å². The monoisotopic (exact) mass is 153 g/mol. The van der Waals surface area contributed by atoms with Crippen molar-refractivity contribution in [2.45, 2.75) is 25.3 Å². The minimum absolute atomic E-state index is 0.682. The van der Waals surface area contributed by atoms with Crippen molar-refractivity contribution in [3.8, 4) is 0 Å². The topological polar surface area (TPSA) is 21.3 Å². The molecular formula is C9H15NO. The molecule has 1 spiro atoms. The summed E-state index contributed by atoms with van der Waals surface area (Å²) >= 11 is 0. The Kier molecular flexibility index (Phi) is 1.16. The second-order valence-corrected chi connectivity index (χ2v) is 4.35. The van der Waals surface area contributed by atoms with Crippen molar-refractivity contribution in [2.75, 3.05) is 19.8 Å². The Morgan fingerprint density at radius 2 is 2.18 bits per heavy atom. The number of rotatable bonds is 0. The summed E-state index contributed by atoms with van der Waals surface area (Å²) in [6, 6.07) is 0.704. The Balaban J connectivity index is 1.86. The molecule has 2 heterocycles. The molecule has 2 nitrogen and oxygen atoms in total. The molecular weight excluding hydrogens is 138 g/mol. The fraction of sp³-hybridized carbons (Fsp3) is 1.00. The van der Waals surface area contributed by atoms with Crippen LogP contribution in [0, 0.1) is 11.3 Å². The van der Waals surface area contributed by atoms with Crippen LogP contribution in [0.25, 0.3) is 0 Å². The van der Waals surface area contributed by atoms with E-state index in [1.807, 2.05) is 0 Å². The minimum atomic E-state index is 0.682. The van der Waals surface area contributed by atoms with Gasteiger partial charge in [0, 0.05) is 18.5 Å². The van der Waals surface area contributed by atoms with E-state index >= 15 is 0 Å². The summed E-state index contributed by atoms with van der Waals surface area (Å²) in [5.41, 5.74) is 0.682. The fourth-order valence-electron chi connectivity index (χ4n) is 3.00. The zero-order chi connectivity index (χ0) is 7.31. The van der Waals surface area contributed by atoms with Crippen molar-refractivity contribution in [2.24, 2.45) is 11.3 Å². The molecule has 0 amide bonds. The summed E-state index contributed by atoms with van der Waals surface area (Å²) < 4.78 is 5.48. The van der Waals surface area contributed by atoms with Crippen LogP contribution in [-0.4, -0.2) is 25.8 Å². The summed E-state index contributed by atoms with van der Waals surface area (Å²) in [6.45, 7) is 3.26. The number of hydrogen-bond donors (Lipinski definition) is 1. The van der Waals surface area contributed by atoms with Crippen molar-refractivity contribution >= 4 is 0 Å². The van der Waals surface area contributed by atoms with Gasteiger partial charge < -0.3 is 10.1 Å². The molecule has 3 rings (SSSR count). The van der Waals surface area contributed by atoms with Gasteiger partial charge in [-0.3, -0.25) is 0 Å². The molecule has 0 aromatic rings. The lowest BCUT2D eigenvalue weighted by Gasteiger charge is -2.42. The zero-order valence-corrected chi connectivity index (χ0v) is 6.81. The summed E-state index contributed by atoms with van der Waals surface area (Å²) in [5, 5.41) is 3.59. The van der Waals surface area contributed by atoms with Crippen LogP contribution in [0.2, 0.25) is 0 Å². The first-order valence-corrected chi connectivity index (χ1v) is 4.72. The van der Waals surface area contributed by atoms with Gasteiger partial charge in [0.2, 0.25) is 0 Å². The Morgan fingerprint density at radius 1 is 1.27 bits per heavy atom. The average Bonchev–Trinajstić information content (AvgIpc) is 2.38. The zero-order valence-electron chi connectivity index (χ0n) is 6.81. The Morgan fingerprint density at radius 3 is 2.91 bits per heavy atom. The largest absolute Gasteiger partial charge is 0.379 e. The first-order valence-electron chi connectivity index (χ1n) is 4.72. The molecule has 3 fully saturated rings. The van der Waals surface area contributed by atoms with Crippen LogP contribution in [-0.2, 0) is 4.74 Å². The normalized spacial score (nSPS) is 45.8. The highest BCUT2D eigenvalue weighted by atomic mass is 16.5. The molecule has 1 N–H and O–H groups in total. The van der Waals surface area contributed by atoms with Gasteiger partial charge in [-0.2, -0.15) is 0 Å². The van der Waals surface area contributed by atoms with Gasteiger partial charge in [-0.15, -0.1) is 0 Å². The van der Waals surface area contributed by atoms with Gasteiger partial charge >= 0.3 is 0 Å². The van der Waals surface area contributed by atoms with Gasteiger partial charge in [-0.05, 0) is 18.3 Å². The smallest absolute Gasteiger partial charge is 0.0623 e. The van der Waals surface area contributed by atoms with Crippen molar-refractivity contribution in [1.82, 2.24) is 5.32 Å². The van der Waals surface area contributed by atoms with Gasteiger partial charge in [0.05, 0.1) is 13.2 Å². The lowest BCUT2D eigenvalue weighted by molar-refractivity contribution is 0.0656. The maximum Gasteiger partial charge on any atom is 0.0623 e. The Bertz CT molecular complexity index is 176. The van der Waals surface area contributed by atoms with E-state index in [2.05, 4.69) is 5.32 Å². The number of nitrogens with one attached hydrogen (secondary N) is 1.